The van der Waals surface area contributed by atoms with Gasteiger partial charge in [0.2, 0.25) is 0 Å². The van der Waals surface area contributed by atoms with Gasteiger partial charge in [-0.15, -0.1) is 21.5 Å². The van der Waals surface area contributed by atoms with E-state index < -0.39 is 5.97 Å². The van der Waals surface area contributed by atoms with Crippen LogP contribution in [0.2, 0.25) is 0 Å². The summed E-state index contributed by atoms with van der Waals surface area (Å²) >= 11 is 9.54. The minimum absolute atomic E-state index is 0.0240. The molecule has 0 saturated carbocycles. The Balaban J connectivity index is 2.27. The monoisotopic (exact) mass is 411 g/mol. The average Bonchev–Trinajstić information content (AvgIpc) is 2.81. The summed E-state index contributed by atoms with van der Waals surface area (Å²) < 4.78 is 3.74. The molecule has 2 aromatic heterocycles. The quantitative estimate of drug-likeness (QED) is 0.780. The van der Waals surface area contributed by atoms with Crippen molar-refractivity contribution in [1.29, 1.82) is 0 Å². The number of carbonyl (C=O) groups is 1. The van der Waals surface area contributed by atoms with E-state index in [-0.39, 0.29) is 5.75 Å². The maximum Gasteiger partial charge on any atom is 0.313 e. The van der Waals surface area contributed by atoms with Crippen LogP contribution in [-0.2, 0) is 11.8 Å². The molecule has 0 spiro atoms. The van der Waals surface area contributed by atoms with E-state index in [9.17, 15) is 4.79 Å². The summed E-state index contributed by atoms with van der Waals surface area (Å²) in [5, 5.41) is 17.3. The zero-order chi connectivity index (χ0) is 13.3. The third-order valence-corrected chi connectivity index (χ3v) is 6.28. The summed E-state index contributed by atoms with van der Waals surface area (Å²) in [7, 11) is 1.82. The maximum atomic E-state index is 10.5. The van der Waals surface area contributed by atoms with E-state index >= 15 is 0 Å². The Labute approximate surface area is 128 Å². The highest BCUT2D eigenvalue weighted by Gasteiger charge is 2.15. The fourth-order valence-electron chi connectivity index (χ4n) is 1.24. The Morgan fingerprint density at radius 2 is 2.28 bits per heavy atom. The number of carboxylic acid groups (broad SMARTS) is 1. The lowest BCUT2D eigenvalue weighted by atomic mass is 10.4. The number of carboxylic acids is 1. The van der Waals surface area contributed by atoms with Crippen molar-refractivity contribution in [3.8, 4) is 10.7 Å². The number of nitrogens with zero attached hydrogens (tertiary/aromatic N) is 3. The second-order valence-corrected chi connectivity index (χ2v) is 7.45. The predicted molar refractivity (Wildman–Crippen MR) is 78.1 cm³/mol. The van der Waals surface area contributed by atoms with E-state index in [4.69, 9.17) is 5.11 Å². The zero-order valence-electron chi connectivity index (χ0n) is 9.05. The maximum absolute atomic E-state index is 10.5. The second kappa shape index (κ2) is 5.72. The van der Waals surface area contributed by atoms with Gasteiger partial charge in [0.1, 0.15) is 0 Å². The van der Waals surface area contributed by atoms with Gasteiger partial charge >= 0.3 is 5.97 Å². The van der Waals surface area contributed by atoms with Crippen LogP contribution < -0.4 is 0 Å². The SMILES string of the molecule is Cn1c(SCC(=O)O)nnc1-c1cc(Br)c(Br)s1. The standard InChI is InChI=1S/C9H7Br2N3O2S2/c1-14-8(5-2-4(10)7(11)18-5)12-13-9(14)17-3-6(15)16/h2H,3H2,1H3,(H,15,16). The number of halogens is 2. The van der Waals surface area contributed by atoms with Crippen LogP contribution in [0.25, 0.3) is 10.7 Å². The Bertz CT molecular complexity index is 577. The Morgan fingerprint density at radius 3 is 2.83 bits per heavy atom. The van der Waals surface area contributed by atoms with Gasteiger partial charge in [-0.3, -0.25) is 4.79 Å². The topological polar surface area (TPSA) is 68.0 Å². The molecule has 0 atom stereocenters. The van der Waals surface area contributed by atoms with Gasteiger partial charge in [-0.25, -0.2) is 0 Å². The molecule has 0 amide bonds. The van der Waals surface area contributed by atoms with Crippen LogP contribution in [0.1, 0.15) is 0 Å². The molecule has 2 aromatic rings. The van der Waals surface area contributed by atoms with E-state index in [0.717, 1.165) is 30.7 Å². The molecule has 2 heterocycles. The van der Waals surface area contributed by atoms with Crippen molar-refractivity contribution in [2.45, 2.75) is 5.16 Å². The average molecular weight is 413 g/mol. The van der Waals surface area contributed by atoms with Crippen molar-refractivity contribution in [2.24, 2.45) is 7.05 Å². The van der Waals surface area contributed by atoms with Gasteiger partial charge in [-0.05, 0) is 37.9 Å². The predicted octanol–water partition coefficient (Wildman–Crippen LogP) is 3.25. The lowest BCUT2D eigenvalue weighted by Crippen LogP contribution is -2.00. The van der Waals surface area contributed by atoms with Crippen molar-refractivity contribution in [3.05, 3.63) is 14.3 Å². The first-order valence-corrected chi connectivity index (χ1v) is 8.07. The molecule has 9 heteroatoms. The number of hydrogen-bond acceptors (Lipinski definition) is 5. The molecule has 0 saturated heterocycles. The van der Waals surface area contributed by atoms with Crippen LogP contribution in [0.3, 0.4) is 0 Å². The summed E-state index contributed by atoms with van der Waals surface area (Å²) in [6, 6.07) is 1.95. The van der Waals surface area contributed by atoms with Crippen molar-refractivity contribution >= 4 is 60.9 Å². The molecule has 0 aliphatic heterocycles. The van der Waals surface area contributed by atoms with Crippen LogP contribution >= 0.6 is 55.0 Å². The Morgan fingerprint density at radius 1 is 1.56 bits per heavy atom. The van der Waals surface area contributed by atoms with Gasteiger partial charge < -0.3 is 9.67 Å². The third-order valence-electron chi connectivity index (χ3n) is 2.03. The highest BCUT2D eigenvalue weighted by atomic mass is 79.9. The van der Waals surface area contributed by atoms with Crippen LogP contribution in [-0.4, -0.2) is 31.6 Å². The van der Waals surface area contributed by atoms with E-state index in [2.05, 4.69) is 42.1 Å². The summed E-state index contributed by atoms with van der Waals surface area (Å²) in [5.74, 6) is -0.172. The largest absolute Gasteiger partial charge is 0.481 e. The summed E-state index contributed by atoms with van der Waals surface area (Å²) in [4.78, 5) is 11.5. The molecular formula is C9H7Br2N3O2S2. The molecule has 18 heavy (non-hydrogen) atoms. The van der Waals surface area contributed by atoms with Gasteiger partial charge in [0.25, 0.3) is 0 Å². The Hall–Kier alpha value is -0.380. The molecule has 96 valence electrons. The van der Waals surface area contributed by atoms with Crippen molar-refractivity contribution in [3.63, 3.8) is 0 Å². The smallest absolute Gasteiger partial charge is 0.313 e. The molecule has 0 unspecified atom stereocenters. The van der Waals surface area contributed by atoms with E-state index in [1.54, 1.807) is 15.9 Å². The van der Waals surface area contributed by atoms with Crippen molar-refractivity contribution in [2.75, 3.05) is 5.75 Å². The lowest BCUT2D eigenvalue weighted by Gasteiger charge is -2.00. The molecule has 0 radical (unpaired) electrons. The highest BCUT2D eigenvalue weighted by Crippen LogP contribution is 2.37. The molecular weight excluding hydrogens is 406 g/mol. The number of thiophene rings is 1. The summed E-state index contributed by atoms with van der Waals surface area (Å²) in [5.41, 5.74) is 0. The second-order valence-electron chi connectivity index (χ2n) is 3.28. The fourth-order valence-corrected chi connectivity index (χ4v) is 3.93. The fraction of sp³-hybridized carbons (Fsp3) is 0.222. The van der Waals surface area contributed by atoms with E-state index in [1.165, 1.54) is 0 Å². The zero-order valence-corrected chi connectivity index (χ0v) is 13.9. The summed E-state index contributed by atoms with van der Waals surface area (Å²) in [6.07, 6.45) is 0. The Kier molecular flexibility index (Phi) is 4.46. The number of thioether (sulfide) groups is 1. The van der Waals surface area contributed by atoms with Gasteiger partial charge in [0.05, 0.1) is 14.4 Å². The van der Waals surface area contributed by atoms with Gasteiger partial charge in [0.15, 0.2) is 11.0 Å². The van der Waals surface area contributed by atoms with Crippen LogP contribution in [0.4, 0.5) is 0 Å². The van der Waals surface area contributed by atoms with Gasteiger partial charge in [-0.2, -0.15) is 0 Å². The molecule has 0 aromatic carbocycles. The number of rotatable bonds is 4. The van der Waals surface area contributed by atoms with Crippen LogP contribution in [0.15, 0.2) is 19.5 Å². The van der Waals surface area contributed by atoms with Gasteiger partial charge in [0, 0.05) is 11.5 Å². The molecule has 0 aliphatic carbocycles. The number of aromatic nitrogens is 3. The molecule has 0 bridgehead atoms. The van der Waals surface area contributed by atoms with Crippen molar-refractivity contribution < 1.29 is 9.90 Å². The number of hydrogen-bond donors (Lipinski definition) is 1. The molecule has 0 fully saturated rings. The minimum Gasteiger partial charge on any atom is -0.481 e. The molecule has 2 rings (SSSR count). The van der Waals surface area contributed by atoms with E-state index in [1.807, 2.05) is 13.1 Å². The first-order valence-electron chi connectivity index (χ1n) is 4.68. The first-order chi connectivity index (χ1) is 8.49. The van der Waals surface area contributed by atoms with Crippen molar-refractivity contribution in [1.82, 2.24) is 14.8 Å². The van der Waals surface area contributed by atoms with E-state index in [0.29, 0.717) is 5.16 Å². The molecule has 0 aliphatic rings. The normalized spacial score (nSPS) is 10.8. The van der Waals surface area contributed by atoms with Crippen LogP contribution in [0.5, 0.6) is 0 Å². The third kappa shape index (κ3) is 2.95. The molecule has 1 N–H and O–H groups in total. The molecule has 5 nitrogen and oxygen atoms in total. The first kappa shape index (κ1) is 14.0. The highest BCUT2D eigenvalue weighted by molar-refractivity contribution is 9.13. The lowest BCUT2D eigenvalue weighted by molar-refractivity contribution is -0.133. The van der Waals surface area contributed by atoms with Gasteiger partial charge in [-0.1, -0.05) is 11.8 Å². The van der Waals surface area contributed by atoms with Crippen LogP contribution in [0, 0.1) is 0 Å². The minimum atomic E-state index is -0.869. The summed E-state index contributed by atoms with van der Waals surface area (Å²) in [6.45, 7) is 0. The number of aliphatic carboxylic acids is 1.